The van der Waals surface area contributed by atoms with Crippen molar-refractivity contribution in [2.45, 2.75) is 19.8 Å². The number of hydrogen-bond donors (Lipinski definition) is 0. The van der Waals surface area contributed by atoms with Crippen molar-refractivity contribution >= 4 is 5.97 Å². The number of carbonyl (C=O) groups excluding carboxylic acids is 1. The Bertz CT molecular complexity index is 107. The van der Waals surface area contributed by atoms with Crippen molar-refractivity contribution in [3.63, 3.8) is 0 Å². The number of carbonyl (C=O) groups is 1. The van der Waals surface area contributed by atoms with Crippen LogP contribution in [0.1, 0.15) is 21.2 Å². The number of allylic oxidation sites excluding steroid dienone is 1. The standard InChI is InChI=1S/C7H12O2.Na.H/c1-3-5-6-7(8)9-4-2;;/h3H,1,4-6H2,2H3;;/q;+1;-1. The van der Waals surface area contributed by atoms with Gasteiger partial charge in [-0.2, -0.15) is 0 Å². The molecule has 0 saturated carbocycles. The summed E-state index contributed by atoms with van der Waals surface area (Å²) in [5.41, 5.74) is 0. The zero-order valence-corrected chi connectivity index (χ0v) is 8.72. The molecular formula is C7H13NaO2. The van der Waals surface area contributed by atoms with Crippen LogP contribution in [0.4, 0.5) is 0 Å². The van der Waals surface area contributed by atoms with Crippen molar-refractivity contribution in [3.05, 3.63) is 12.7 Å². The Kier molecular flexibility index (Phi) is 11.8. The Labute approximate surface area is 85.4 Å². The summed E-state index contributed by atoms with van der Waals surface area (Å²) in [4.78, 5) is 10.5. The maximum absolute atomic E-state index is 10.5. The molecule has 0 rings (SSSR count). The van der Waals surface area contributed by atoms with E-state index in [1.54, 1.807) is 13.0 Å². The van der Waals surface area contributed by atoms with E-state index in [9.17, 15) is 4.79 Å². The molecule has 3 heteroatoms. The molecule has 0 saturated heterocycles. The SMILES string of the molecule is C=CCCC(=O)OCC.[H-].[Na+]. The quantitative estimate of drug-likeness (QED) is 0.282. The first kappa shape index (κ1) is 12.8. The van der Waals surface area contributed by atoms with Gasteiger partial charge in [0.15, 0.2) is 0 Å². The van der Waals surface area contributed by atoms with E-state index in [1.807, 2.05) is 0 Å². The van der Waals surface area contributed by atoms with Gasteiger partial charge in [0.1, 0.15) is 0 Å². The molecule has 0 aliphatic heterocycles. The largest absolute Gasteiger partial charge is 1.00 e. The van der Waals surface area contributed by atoms with Crippen molar-refractivity contribution in [1.29, 1.82) is 0 Å². The zero-order valence-electron chi connectivity index (χ0n) is 7.72. The summed E-state index contributed by atoms with van der Waals surface area (Å²) in [7, 11) is 0. The Balaban J connectivity index is -0.000000320. The molecule has 0 aliphatic rings. The number of ether oxygens (including phenoxy) is 1. The van der Waals surface area contributed by atoms with Gasteiger partial charge in [-0.1, -0.05) is 6.08 Å². The van der Waals surface area contributed by atoms with Gasteiger partial charge in [0.05, 0.1) is 6.61 Å². The minimum atomic E-state index is -0.141. The van der Waals surface area contributed by atoms with Crippen molar-refractivity contribution in [2.75, 3.05) is 6.61 Å². The number of hydrogen-bond acceptors (Lipinski definition) is 2. The molecule has 0 aromatic heterocycles. The van der Waals surface area contributed by atoms with Gasteiger partial charge >= 0.3 is 35.5 Å². The van der Waals surface area contributed by atoms with E-state index < -0.39 is 0 Å². The molecule has 0 heterocycles. The molecule has 0 spiro atoms. The molecule has 0 radical (unpaired) electrons. The molecular weight excluding hydrogens is 139 g/mol. The van der Waals surface area contributed by atoms with Crippen LogP contribution >= 0.6 is 0 Å². The first-order chi connectivity index (χ1) is 4.31. The topological polar surface area (TPSA) is 26.3 Å². The summed E-state index contributed by atoms with van der Waals surface area (Å²) in [5.74, 6) is -0.141. The molecule has 54 valence electrons. The van der Waals surface area contributed by atoms with E-state index >= 15 is 0 Å². The van der Waals surface area contributed by atoms with Crippen molar-refractivity contribution in [3.8, 4) is 0 Å². The molecule has 0 fully saturated rings. The van der Waals surface area contributed by atoms with Gasteiger partial charge < -0.3 is 6.16 Å². The van der Waals surface area contributed by atoms with Gasteiger partial charge in [0.25, 0.3) is 0 Å². The second kappa shape index (κ2) is 9.21. The third-order valence-corrected chi connectivity index (χ3v) is 0.858. The third-order valence-electron chi connectivity index (χ3n) is 0.858. The summed E-state index contributed by atoms with van der Waals surface area (Å²) in [6.07, 6.45) is 2.87. The molecule has 0 amide bonds. The van der Waals surface area contributed by atoms with Gasteiger partial charge in [-0.05, 0) is 13.3 Å². The average molecular weight is 152 g/mol. The normalized spacial score (nSPS) is 7.70. The fourth-order valence-electron chi connectivity index (χ4n) is 0.453. The summed E-state index contributed by atoms with van der Waals surface area (Å²) in [6.45, 7) is 5.75. The maximum atomic E-state index is 10.5. The Morgan fingerprint density at radius 2 is 2.40 bits per heavy atom. The van der Waals surface area contributed by atoms with E-state index in [-0.39, 0.29) is 37.0 Å². The van der Waals surface area contributed by atoms with Crippen LogP contribution in [-0.4, -0.2) is 12.6 Å². The van der Waals surface area contributed by atoms with E-state index in [0.29, 0.717) is 19.4 Å². The monoisotopic (exact) mass is 152 g/mol. The van der Waals surface area contributed by atoms with Crippen LogP contribution in [0, 0.1) is 0 Å². The predicted molar refractivity (Wildman–Crippen MR) is 37.2 cm³/mol. The summed E-state index contributed by atoms with van der Waals surface area (Å²) in [6, 6.07) is 0. The van der Waals surface area contributed by atoms with Gasteiger partial charge in [-0.25, -0.2) is 0 Å². The van der Waals surface area contributed by atoms with E-state index in [0.717, 1.165) is 0 Å². The summed E-state index contributed by atoms with van der Waals surface area (Å²) in [5, 5.41) is 0. The first-order valence-corrected chi connectivity index (χ1v) is 3.07. The van der Waals surface area contributed by atoms with Crippen molar-refractivity contribution < 1.29 is 40.5 Å². The van der Waals surface area contributed by atoms with Crippen LogP contribution in [0.15, 0.2) is 12.7 Å². The Hall–Kier alpha value is 0.210. The molecule has 0 aliphatic carbocycles. The molecule has 0 aromatic carbocycles. The van der Waals surface area contributed by atoms with Crippen LogP contribution in [0.25, 0.3) is 0 Å². The van der Waals surface area contributed by atoms with Crippen molar-refractivity contribution in [2.24, 2.45) is 0 Å². The van der Waals surface area contributed by atoms with Gasteiger partial charge in [0.2, 0.25) is 0 Å². The van der Waals surface area contributed by atoms with Crippen LogP contribution in [0.2, 0.25) is 0 Å². The van der Waals surface area contributed by atoms with Gasteiger partial charge in [-0.15, -0.1) is 6.58 Å². The van der Waals surface area contributed by atoms with E-state index in [4.69, 9.17) is 0 Å². The molecule has 10 heavy (non-hydrogen) atoms. The molecule has 0 bridgehead atoms. The van der Waals surface area contributed by atoms with Gasteiger partial charge in [-0.3, -0.25) is 4.79 Å². The molecule has 0 N–H and O–H groups in total. The maximum Gasteiger partial charge on any atom is 1.00 e. The third kappa shape index (κ3) is 8.21. The fourth-order valence-corrected chi connectivity index (χ4v) is 0.453. The van der Waals surface area contributed by atoms with Crippen molar-refractivity contribution in [1.82, 2.24) is 0 Å². The Morgan fingerprint density at radius 3 is 2.80 bits per heavy atom. The second-order valence-electron chi connectivity index (χ2n) is 1.63. The number of rotatable bonds is 4. The molecule has 0 unspecified atom stereocenters. The fraction of sp³-hybridized carbons (Fsp3) is 0.571. The zero-order chi connectivity index (χ0) is 7.11. The van der Waals surface area contributed by atoms with Crippen LogP contribution in [-0.2, 0) is 9.53 Å². The molecule has 0 atom stereocenters. The number of esters is 1. The van der Waals surface area contributed by atoms with Crippen LogP contribution in [0.5, 0.6) is 0 Å². The summed E-state index contributed by atoms with van der Waals surface area (Å²) < 4.78 is 4.66. The Morgan fingerprint density at radius 1 is 1.80 bits per heavy atom. The second-order valence-corrected chi connectivity index (χ2v) is 1.63. The summed E-state index contributed by atoms with van der Waals surface area (Å²) >= 11 is 0. The van der Waals surface area contributed by atoms with E-state index in [1.165, 1.54) is 0 Å². The average Bonchev–Trinajstić information content (AvgIpc) is 1.85. The first-order valence-electron chi connectivity index (χ1n) is 3.07. The predicted octanol–water partition coefficient (Wildman–Crippen LogP) is -1.37. The molecule has 0 aromatic rings. The van der Waals surface area contributed by atoms with Crippen LogP contribution in [0.3, 0.4) is 0 Å². The van der Waals surface area contributed by atoms with Gasteiger partial charge in [0, 0.05) is 6.42 Å². The molecule has 2 nitrogen and oxygen atoms in total. The van der Waals surface area contributed by atoms with Crippen LogP contribution < -0.4 is 29.6 Å². The minimum absolute atomic E-state index is 0. The minimum Gasteiger partial charge on any atom is -1.00 e. The van der Waals surface area contributed by atoms with E-state index in [2.05, 4.69) is 11.3 Å². The smallest absolute Gasteiger partial charge is 1.00 e.